The van der Waals surface area contributed by atoms with E-state index in [4.69, 9.17) is 0 Å². The van der Waals surface area contributed by atoms with Crippen LogP contribution in [0.25, 0.3) is 0 Å². The average molecular weight is 288 g/mol. The molecule has 0 fully saturated rings. The molecule has 7 heteroatoms. The minimum absolute atomic E-state index is 0.0574. The molecule has 0 bridgehead atoms. The van der Waals surface area contributed by atoms with Gasteiger partial charge < -0.3 is 0 Å². The first-order valence-corrected chi connectivity index (χ1v) is 7.28. The summed E-state index contributed by atoms with van der Waals surface area (Å²) in [5.74, 6) is 0. The second-order valence-electron chi connectivity index (χ2n) is 4.35. The van der Waals surface area contributed by atoms with Gasteiger partial charge in [0.05, 0.1) is 0 Å². The van der Waals surface area contributed by atoms with E-state index in [1.54, 1.807) is 0 Å². The summed E-state index contributed by atoms with van der Waals surface area (Å²) < 4.78 is 69.8. The molecule has 0 saturated carbocycles. The van der Waals surface area contributed by atoms with Gasteiger partial charge >= 0.3 is 133 Å². The first-order valence-electron chi connectivity index (χ1n) is 5.71. The second-order valence-corrected chi connectivity index (χ2v) is 6.43. The molecule has 1 atom stereocenters. The quantitative estimate of drug-likeness (QED) is 0.353. The van der Waals surface area contributed by atoms with Crippen molar-refractivity contribution in [1.82, 2.24) is 0 Å². The SMILES string of the molecule is FC(CCCCCCCC(F)(F)F)[C](F)(F)[K]. The summed E-state index contributed by atoms with van der Waals surface area (Å²) in [6, 6.07) is 0. The molecular weight excluding hydrogens is 273 g/mol. The van der Waals surface area contributed by atoms with Crippen LogP contribution in [-0.4, -0.2) is 61.3 Å². The van der Waals surface area contributed by atoms with Crippen LogP contribution in [0, 0.1) is 0 Å². The number of halogens is 6. The Hall–Kier alpha value is 1.22. The molecule has 98 valence electrons. The number of unbranched alkanes of at least 4 members (excludes halogenated alkanes) is 4. The monoisotopic (exact) mass is 288 g/mol. The Labute approximate surface area is 131 Å². The molecule has 17 heavy (non-hydrogen) atoms. The van der Waals surface area contributed by atoms with E-state index in [9.17, 15) is 26.3 Å². The van der Waals surface area contributed by atoms with Gasteiger partial charge in [0.25, 0.3) is 0 Å². The first-order chi connectivity index (χ1) is 7.63. The zero-order chi connectivity index (χ0) is 13.5. The fraction of sp³-hybridized carbons (Fsp3) is 1.00. The van der Waals surface area contributed by atoms with Gasteiger partial charge in [-0.1, -0.05) is 0 Å². The molecule has 0 aromatic heterocycles. The van der Waals surface area contributed by atoms with Crippen molar-refractivity contribution < 1.29 is 26.3 Å². The van der Waals surface area contributed by atoms with Crippen molar-refractivity contribution in [3.63, 3.8) is 0 Å². The van der Waals surface area contributed by atoms with Crippen molar-refractivity contribution in [1.29, 1.82) is 0 Å². The van der Waals surface area contributed by atoms with Crippen LogP contribution in [0.3, 0.4) is 0 Å². The van der Waals surface area contributed by atoms with E-state index < -0.39 is 67.7 Å². The van der Waals surface area contributed by atoms with Crippen LogP contribution in [-0.2, 0) is 0 Å². The van der Waals surface area contributed by atoms with Gasteiger partial charge in [-0.2, -0.15) is 0 Å². The van der Waals surface area contributed by atoms with Crippen LogP contribution < -0.4 is 0 Å². The van der Waals surface area contributed by atoms with E-state index in [1.165, 1.54) is 0 Å². The third-order valence-electron chi connectivity index (χ3n) is 2.47. The van der Waals surface area contributed by atoms with E-state index >= 15 is 0 Å². The first kappa shape index (κ1) is 18.2. The van der Waals surface area contributed by atoms with E-state index in [2.05, 4.69) is 0 Å². The van der Waals surface area contributed by atoms with Crippen molar-refractivity contribution in [2.24, 2.45) is 0 Å². The van der Waals surface area contributed by atoms with Gasteiger partial charge in [0.2, 0.25) is 0 Å². The standard InChI is InChI=1S/C10H15F6.K/c11-8(9(12)13)6-4-2-1-3-5-7-10(14,15)16;/h8H,1-7H2;. The van der Waals surface area contributed by atoms with E-state index in [0.717, 1.165) is 0 Å². The number of hydrogen-bond donors (Lipinski definition) is 0. The van der Waals surface area contributed by atoms with E-state index in [-0.39, 0.29) is 12.8 Å². The Morgan fingerprint density at radius 1 is 0.824 bits per heavy atom. The number of hydrogen-bond acceptors (Lipinski definition) is 0. The van der Waals surface area contributed by atoms with Gasteiger partial charge in [-0.3, -0.25) is 0 Å². The van der Waals surface area contributed by atoms with Gasteiger partial charge in [-0.05, 0) is 0 Å². The molecule has 0 rings (SSSR count). The summed E-state index contributed by atoms with van der Waals surface area (Å²) in [5.41, 5.74) is 0. The molecule has 0 radical (unpaired) electrons. The molecule has 0 aliphatic rings. The maximum absolute atomic E-state index is 12.8. The van der Waals surface area contributed by atoms with Crippen molar-refractivity contribution >= 4 is 49.0 Å². The average Bonchev–Trinajstić information content (AvgIpc) is 2.12. The van der Waals surface area contributed by atoms with Crippen molar-refractivity contribution in [2.75, 3.05) is 0 Å². The number of rotatable bonds is 8. The van der Waals surface area contributed by atoms with Crippen LogP contribution in [0.4, 0.5) is 26.3 Å². The van der Waals surface area contributed by atoms with Crippen molar-refractivity contribution in [3.05, 3.63) is 0 Å². The van der Waals surface area contributed by atoms with Crippen molar-refractivity contribution in [3.8, 4) is 0 Å². The van der Waals surface area contributed by atoms with Gasteiger partial charge in [0.15, 0.2) is 0 Å². The molecule has 0 spiro atoms. The fourth-order valence-corrected chi connectivity index (χ4v) is 1.88. The third-order valence-corrected chi connectivity index (χ3v) is 3.45. The van der Waals surface area contributed by atoms with Crippen LogP contribution in [0.15, 0.2) is 0 Å². The number of alkyl halides is 6. The van der Waals surface area contributed by atoms with Crippen LogP contribution in [0.2, 0.25) is 0 Å². The van der Waals surface area contributed by atoms with Crippen LogP contribution in [0.1, 0.15) is 44.9 Å². The fourth-order valence-electron chi connectivity index (χ4n) is 1.43. The zero-order valence-corrected chi connectivity index (χ0v) is 12.9. The zero-order valence-electron chi connectivity index (χ0n) is 9.79. The normalized spacial score (nSPS) is 15.1. The third kappa shape index (κ3) is 12.0. The maximum atomic E-state index is 12.8. The Morgan fingerprint density at radius 3 is 1.76 bits per heavy atom. The molecule has 0 aliphatic heterocycles. The summed E-state index contributed by atoms with van der Waals surface area (Å²) in [4.78, 5) is 0. The molecule has 1 unspecified atom stereocenters. The summed E-state index contributed by atoms with van der Waals surface area (Å²) >= 11 is -0.869. The molecule has 0 aliphatic carbocycles. The molecule has 0 amide bonds. The Bertz CT molecular complexity index is 198. The molecular formula is C10H15F6K. The van der Waals surface area contributed by atoms with Gasteiger partial charge in [-0.25, -0.2) is 0 Å². The summed E-state index contributed by atoms with van der Waals surface area (Å²) in [5, 5.41) is 0. The van der Waals surface area contributed by atoms with Gasteiger partial charge in [0.1, 0.15) is 0 Å². The Balaban J connectivity index is 3.36. The van der Waals surface area contributed by atoms with E-state index in [1.807, 2.05) is 0 Å². The molecule has 0 aromatic rings. The predicted octanol–water partition coefficient (Wildman–Crippen LogP) is 4.38. The molecule has 0 aromatic carbocycles. The van der Waals surface area contributed by atoms with Gasteiger partial charge in [-0.15, -0.1) is 0 Å². The molecule has 0 N–H and O–H groups in total. The van der Waals surface area contributed by atoms with Crippen LogP contribution in [0.5, 0.6) is 0 Å². The Kier molecular flexibility index (Phi) is 9.00. The summed E-state index contributed by atoms with van der Waals surface area (Å²) in [7, 11) is 0. The second kappa shape index (κ2) is 8.40. The molecule has 0 heterocycles. The van der Waals surface area contributed by atoms with Crippen LogP contribution >= 0.6 is 0 Å². The summed E-state index contributed by atoms with van der Waals surface area (Å²) in [6.45, 7) is 0. The van der Waals surface area contributed by atoms with E-state index in [0.29, 0.717) is 25.7 Å². The van der Waals surface area contributed by atoms with Crippen molar-refractivity contribution in [2.45, 2.75) is 57.3 Å². The summed E-state index contributed by atoms with van der Waals surface area (Å²) in [6.07, 6.45) is -5.34. The molecule has 0 saturated heterocycles. The Morgan fingerprint density at radius 2 is 1.29 bits per heavy atom. The topological polar surface area (TPSA) is 0 Å². The van der Waals surface area contributed by atoms with Gasteiger partial charge in [0, 0.05) is 0 Å². The predicted molar refractivity (Wildman–Crippen MR) is 54.0 cm³/mol. The molecule has 0 nitrogen and oxygen atoms in total. The minimum atomic E-state index is -4.12.